The summed E-state index contributed by atoms with van der Waals surface area (Å²) in [5.74, 6) is -1.08. The van der Waals surface area contributed by atoms with Crippen molar-refractivity contribution in [3.8, 4) is 5.75 Å². The van der Waals surface area contributed by atoms with Crippen molar-refractivity contribution >= 4 is 11.9 Å². The van der Waals surface area contributed by atoms with Crippen LogP contribution in [0, 0.1) is 0 Å². The van der Waals surface area contributed by atoms with E-state index in [1.54, 1.807) is 30.3 Å². The van der Waals surface area contributed by atoms with Gasteiger partial charge in [-0.1, -0.05) is 25.1 Å². The molecule has 0 saturated carbocycles. The van der Waals surface area contributed by atoms with Gasteiger partial charge in [0.25, 0.3) is 0 Å². The highest BCUT2D eigenvalue weighted by Gasteiger charge is 2.05. The zero-order chi connectivity index (χ0) is 16.4. The topological polar surface area (TPSA) is 83.8 Å². The molecule has 2 aromatic rings. The van der Waals surface area contributed by atoms with Crippen LogP contribution in [0.25, 0.3) is 0 Å². The largest absolute Gasteiger partial charge is 0.508 e. The van der Waals surface area contributed by atoms with Gasteiger partial charge in [-0.3, -0.25) is 0 Å². The van der Waals surface area contributed by atoms with Crippen molar-refractivity contribution in [2.45, 2.75) is 13.3 Å². The molecule has 0 aliphatic carbocycles. The molecule has 0 aliphatic heterocycles. The van der Waals surface area contributed by atoms with Gasteiger partial charge in [0, 0.05) is 0 Å². The van der Waals surface area contributed by atoms with E-state index in [0.29, 0.717) is 17.7 Å². The summed E-state index contributed by atoms with van der Waals surface area (Å²) >= 11 is 0. The van der Waals surface area contributed by atoms with Crippen molar-refractivity contribution < 1.29 is 24.5 Å². The van der Waals surface area contributed by atoms with Gasteiger partial charge in [0.1, 0.15) is 5.75 Å². The number of carboxylic acid groups (broad SMARTS) is 1. The van der Waals surface area contributed by atoms with Crippen LogP contribution in [-0.2, 0) is 4.74 Å². The number of aromatic carboxylic acids is 1. The third kappa shape index (κ3) is 6.09. The molecule has 2 rings (SSSR count). The number of aromatic hydroxyl groups is 1. The molecule has 0 aliphatic rings. The highest BCUT2D eigenvalue weighted by atomic mass is 16.5. The Hall–Kier alpha value is -2.82. The van der Waals surface area contributed by atoms with Crippen LogP contribution in [-0.4, -0.2) is 28.8 Å². The molecular weight excluding hydrogens is 284 g/mol. The van der Waals surface area contributed by atoms with Gasteiger partial charge >= 0.3 is 11.9 Å². The Morgan fingerprint density at radius 1 is 0.955 bits per heavy atom. The molecule has 0 aromatic heterocycles. The van der Waals surface area contributed by atoms with E-state index in [1.807, 2.05) is 6.92 Å². The van der Waals surface area contributed by atoms with Crippen molar-refractivity contribution in [2.24, 2.45) is 0 Å². The summed E-state index contributed by atoms with van der Waals surface area (Å²) in [4.78, 5) is 21.4. The molecule has 2 aromatic carbocycles. The molecular formula is C17H18O5. The van der Waals surface area contributed by atoms with Crippen molar-refractivity contribution in [2.75, 3.05) is 6.61 Å². The van der Waals surface area contributed by atoms with Gasteiger partial charge in [0.2, 0.25) is 0 Å². The van der Waals surface area contributed by atoms with Crippen LogP contribution < -0.4 is 0 Å². The normalized spacial score (nSPS) is 9.32. The fourth-order valence-electron chi connectivity index (χ4n) is 1.46. The molecule has 0 radical (unpaired) electrons. The summed E-state index contributed by atoms with van der Waals surface area (Å²) < 4.78 is 4.90. The number of carbonyl (C=O) groups excluding carboxylic acids is 1. The third-order valence-electron chi connectivity index (χ3n) is 2.56. The molecule has 0 heterocycles. The van der Waals surface area contributed by atoms with Crippen molar-refractivity contribution in [1.29, 1.82) is 0 Å². The van der Waals surface area contributed by atoms with E-state index in [0.717, 1.165) is 6.42 Å². The first-order chi connectivity index (χ1) is 10.5. The van der Waals surface area contributed by atoms with Crippen molar-refractivity contribution in [3.63, 3.8) is 0 Å². The van der Waals surface area contributed by atoms with Crippen LogP contribution in [0.3, 0.4) is 0 Å². The minimum atomic E-state index is -0.879. The number of benzene rings is 2. The number of phenols is 1. The Bertz CT molecular complexity index is 590. The van der Waals surface area contributed by atoms with E-state index < -0.39 is 5.97 Å². The monoisotopic (exact) mass is 302 g/mol. The minimum Gasteiger partial charge on any atom is -0.508 e. The average Bonchev–Trinajstić information content (AvgIpc) is 2.54. The van der Waals surface area contributed by atoms with Crippen LogP contribution in [0.15, 0.2) is 54.6 Å². The number of hydrogen-bond donors (Lipinski definition) is 2. The lowest BCUT2D eigenvalue weighted by atomic mass is 10.2. The van der Waals surface area contributed by atoms with Crippen LogP contribution in [0.5, 0.6) is 5.75 Å². The maximum atomic E-state index is 11.2. The number of hydrogen-bond acceptors (Lipinski definition) is 4. The predicted molar refractivity (Wildman–Crippen MR) is 82.1 cm³/mol. The fraction of sp³-hybridized carbons (Fsp3) is 0.176. The highest BCUT2D eigenvalue weighted by Crippen LogP contribution is 2.10. The molecule has 0 saturated heterocycles. The summed E-state index contributed by atoms with van der Waals surface area (Å²) in [5.41, 5.74) is 0.795. The lowest BCUT2D eigenvalue weighted by molar-refractivity contribution is 0.0504. The van der Waals surface area contributed by atoms with Crippen molar-refractivity contribution in [1.82, 2.24) is 0 Å². The first-order valence-corrected chi connectivity index (χ1v) is 6.79. The van der Waals surface area contributed by atoms with Crippen LogP contribution in [0.2, 0.25) is 0 Å². The highest BCUT2D eigenvalue weighted by molar-refractivity contribution is 5.89. The lowest BCUT2D eigenvalue weighted by Crippen LogP contribution is -2.05. The Labute approximate surface area is 128 Å². The lowest BCUT2D eigenvalue weighted by Gasteiger charge is -2.02. The number of esters is 1. The Kier molecular flexibility index (Phi) is 7.19. The molecule has 5 nitrogen and oxygen atoms in total. The number of phenolic OH excluding ortho intramolecular Hbond substituents is 1. The molecule has 0 atom stereocenters. The molecule has 2 N–H and O–H groups in total. The zero-order valence-corrected chi connectivity index (χ0v) is 12.2. The summed E-state index contributed by atoms with van der Waals surface area (Å²) in [7, 11) is 0. The van der Waals surface area contributed by atoms with Gasteiger partial charge in [-0.25, -0.2) is 9.59 Å². The number of rotatable bonds is 4. The van der Waals surface area contributed by atoms with Crippen molar-refractivity contribution in [3.05, 3.63) is 65.7 Å². The molecule has 0 spiro atoms. The van der Waals surface area contributed by atoms with Gasteiger partial charge in [0.15, 0.2) is 0 Å². The molecule has 5 heteroatoms. The summed E-state index contributed by atoms with van der Waals surface area (Å²) in [6.45, 7) is 2.36. The SMILES string of the molecule is CCCOC(=O)c1ccc(O)cc1.O=C(O)c1ccccc1. The van der Waals surface area contributed by atoms with E-state index in [9.17, 15) is 9.59 Å². The second kappa shape index (κ2) is 9.18. The molecule has 0 amide bonds. The first-order valence-electron chi connectivity index (χ1n) is 6.79. The molecule has 22 heavy (non-hydrogen) atoms. The number of carboxylic acids is 1. The maximum Gasteiger partial charge on any atom is 0.338 e. The summed E-state index contributed by atoms with van der Waals surface area (Å²) in [6, 6.07) is 14.3. The van der Waals surface area contributed by atoms with Crippen LogP contribution in [0.1, 0.15) is 34.1 Å². The standard InChI is InChI=1S/C10H12O3.C7H6O2/c1-2-7-13-10(12)8-3-5-9(11)6-4-8;8-7(9)6-4-2-1-3-5-6/h3-6,11H,2,7H2,1H3;1-5H,(H,8,9). The molecule has 0 bridgehead atoms. The van der Waals surface area contributed by atoms with Crippen LogP contribution in [0.4, 0.5) is 0 Å². The Morgan fingerprint density at radius 2 is 1.55 bits per heavy atom. The molecule has 0 unspecified atom stereocenters. The van der Waals surface area contributed by atoms with E-state index in [2.05, 4.69) is 0 Å². The molecule has 116 valence electrons. The first kappa shape index (κ1) is 17.2. The van der Waals surface area contributed by atoms with E-state index >= 15 is 0 Å². The van der Waals surface area contributed by atoms with Gasteiger partial charge in [-0.05, 0) is 42.8 Å². The quantitative estimate of drug-likeness (QED) is 0.846. The third-order valence-corrected chi connectivity index (χ3v) is 2.56. The second-order valence-corrected chi connectivity index (χ2v) is 4.35. The van der Waals surface area contributed by atoms with Gasteiger partial charge < -0.3 is 14.9 Å². The maximum absolute atomic E-state index is 11.2. The number of ether oxygens (including phenoxy) is 1. The van der Waals surface area contributed by atoms with Gasteiger partial charge in [-0.2, -0.15) is 0 Å². The van der Waals surface area contributed by atoms with Crippen LogP contribution >= 0.6 is 0 Å². The van der Waals surface area contributed by atoms with Gasteiger partial charge in [-0.15, -0.1) is 0 Å². The average molecular weight is 302 g/mol. The zero-order valence-electron chi connectivity index (χ0n) is 12.2. The Morgan fingerprint density at radius 3 is 2.00 bits per heavy atom. The summed E-state index contributed by atoms with van der Waals surface area (Å²) in [5, 5.41) is 17.3. The van der Waals surface area contributed by atoms with E-state index in [-0.39, 0.29) is 11.7 Å². The van der Waals surface area contributed by atoms with Gasteiger partial charge in [0.05, 0.1) is 17.7 Å². The summed E-state index contributed by atoms with van der Waals surface area (Å²) in [6.07, 6.45) is 0.809. The fourth-order valence-corrected chi connectivity index (χ4v) is 1.46. The molecule has 0 fully saturated rings. The second-order valence-electron chi connectivity index (χ2n) is 4.35. The number of carbonyl (C=O) groups is 2. The van der Waals surface area contributed by atoms with E-state index in [1.165, 1.54) is 24.3 Å². The predicted octanol–water partition coefficient (Wildman–Crippen LogP) is 3.34. The smallest absolute Gasteiger partial charge is 0.338 e. The van der Waals surface area contributed by atoms with E-state index in [4.69, 9.17) is 14.9 Å². The Balaban J connectivity index is 0.000000235. The minimum absolute atomic E-state index is 0.145.